The molecule has 0 aliphatic carbocycles. The highest BCUT2D eigenvalue weighted by molar-refractivity contribution is 7.15. The first kappa shape index (κ1) is 21.4. The largest absolute Gasteiger partial charge is 0.425 e. The number of anilines is 2. The van der Waals surface area contributed by atoms with E-state index in [-0.39, 0.29) is 17.9 Å². The minimum atomic E-state index is -0.0112. The van der Waals surface area contributed by atoms with Gasteiger partial charge in [-0.3, -0.25) is 4.79 Å². The number of carbonyl (C=O) groups excluding carboxylic acids is 1. The topological polar surface area (TPSA) is 97.0 Å². The molecule has 1 aliphatic heterocycles. The molecule has 0 radical (unpaired) electrons. The van der Waals surface area contributed by atoms with Crippen molar-refractivity contribution in [3.8, 4) is 0 Å². The summed E-state index contributed by atoms with van der Waals surface area (Å²) < 4.78 is 5.63. The molecule has 8 nitrogen and oxygen atoms in total. The van der Waals surface area contributed by atoms with Crippen LogP contribution in [0.5, 0.6) is 0 Å². The lowest BCUT2D eigenvalue weighted by Gasteiger charge is -2.24. The number of thiazole rings is 1. The summed E-state index contributed by atoms with van der Waals surface area (Å²) in [4.78, 5) is 25.4. The Morgan fingerprint density at radius 3 is 2.84 bits per heavy atom. The highest BCUT2D eigenvalue weighted by atomic mass is 32.1. The van der Waals surface area contributed by atoms with E-state index >= 15 is 0 Å². The van der Waals surface area contributed by atoms with E-state index in [0.29, 0.717) is 24.6 Å². The van der Waals surface area contributed by atoms with E-state index in [1.54, 1.807) is 11.3 Å². The van der Waals surface area contributed by atoms with Gasteiger partial charge in [0, 0.05) is 30.2 Å². The van der Waals surface area contributed by atoms with E-state index in [2.05, 4.69) is 27.4 Å². The Bertz CT molecular complexity index is 1040. The number of nitrogens with zero attached hydrogens (tertiary/aromatic N) is 5. The third kappa shape index (κ3) is 4.92. The molecule has 1 saturated heterocycles. The van der Waals surface area contributed by atoms with Crippen LogP contribution < -0.4 is 5.32 Å². The number of aromatic nitrogens is 4. The summed E-state index contributed by atoms with van der Waals surface area (Å²) in [5.74, 6) is 2.16. The van der Waals surface area contributed by atoms with E-state index in [1.165, 1.54) is 4.88 Å². The second-order valence-corrected chi connectivity index (χ2v) is 9.37. The van der Waals surface area contributed by atoms with Crippen molar-refractivity contribution in [1.29, 1.82) is 0 Å². The summed E-state index contributed by atoms with van der Waals surface area (Å²) in [6, 6.07) is 5.89. The zero-order valence-corrected chi connectivity index (χ0v) is 19.2. The molecule has 0 aromatic carbocycles. The van der Waals surface area contributed by atoms with Gasteiger partial charge in [0.25, 0.3) is 0 Å². The average molecular weight is 441 g/mol. The van der Waals surface area contributed by atoms with Gasteiger partial charge in [0.2, 0.25) is 17.7 Å². The van der Waals surface area contributed by atoms with Crippen LogP contribution in [0.25, 0.3) is 0 Å². The third-order valence-electron chi connectivity index (χ3n) is 5.48. The number of aryl methyl sites for hydroxylation is 3. The van der Waals surface area contributed by atoms with Gasteiger partial charge in [-0.05, 0) is 38.8 Å². The van der Waals surface area contributed by atoms with Gasteiger partial charge < -0.3 is 14.6 Å². The van der Waals surface area contributed by atoms with Crippen molar-refractivity contribution in [3.05, 3.63) is 46.2 Å². The zero-order valence-electron chi connectivity index (χ0n) is 18.4. The fraction of sp³-hybridized carbons (Fsp3) is 0.500. The quantitative estimate of drug-likeness (QED) is 0.568. The molecule has 1 N–H and O–H groups in total. The second kappa shape index (κ2) is 9.13. The van der Waals surface area contributed by atoms with E-state index in [4.69, 9.17) is 9.40 Å². The molecule has 4 rings (SSSR count). The van der Waals surface area contributed by atoms with E-state index in [1.807, 2.05) is 43.9 Å². The summed E-state index contributed by atoms with van der Waals surface area (Å²) in [7, 11) is 0. The number of carbonyl (C=O) groups is 1. The van der Waals surface area contributed by atoms with Gasteiger partial charge in [-0.25, -0.2) is 9.97 Å². The first-order valence-corrected chi connectivity index (χ1v) is 11.5. The van der Waals surface area contributed by atoms with Crippen molar-refractivity contribution < 1.29 is 9.21 Å². The highest BCUT2D eigenvalue weighted by Gasteiger charge is 2.31. The molecule has 9 heteroatoms. The van der Waals surface area contributed by atoms with Crippen molar-refractivity contribution in [2.24, 2.45) is 0 Å². The van der Waals surface area contributed by atoms with Crippen LogP contribution in [0, 0.1) is 13.8 Å². The van der Waals surface area contributed by atoms with Gasteiger partial charge in [0.1, 0.15) is 5.82 Å². The summed E-state index contributed by atoms with van der Waals surface area (Å²) in [6.45, 7) is 8.81. The van der Waals surface area contributed by atoms with Crippen LogP contribution in [-0.2, 0) is 11.2 Å². The molecule has 0 spiro atoms. The first-order chi connectivity index (χ1) is 14.9. The average Bonchev–Trinajstić information content (AvgIpc) is 3.47. The van der Waals surface area contributed by atoms with E-state index in [0.717, 1.165) is 41.7 Å². The second-order valence-electron chi connectivity index (χ2n) is 8.17. The summed E-state index contributed by atoms with van der Waals surface area (Å²) in [6.07, 6.45) is 2.69. The summed E-state index contributed by atoms with van der Waals surface area (Å²) in [5, 5.41) is 12.2. The molecule has 31 heavy (non-hydrogen) atoms. The van der Waals surface area contributed by atoms with Gasteiger partial charge in [-0.15, -0.1) is 21.5 Å². The Balaban J connectivity index is 1.42. The minimum Gasteiger partial charge on any atom is -0.425 e. The smallest absolute Gasteiger partial charge is 0.223 e. The molecule has 1 unspecified atom stereocenters. The van der Waals surface area contributed by atoms with Crippen molar-refractivity contribution in [1.82, 2.24) is 25.1 Å². The van der Waals surface area contributed by atoms with Gasteiger partial charge >= 0.3 is 0 Å². The molecule has 164 valence electrons. The number of amides is 1. The van der Waals surface area contributed by atoms with Crippen LogP contribution in [0.15, 0.2) is 22.6 Å². The van der Waals surface area contributed by atoms with Crippen LogP contribution in [-0.4, -0.2) is 37.5 Å². The maximum atomic E-state index is 12.9. The van der Waals surface area contributed by atoms with Gasteiger partial charge in [-0.1, -0.05) is 19.9 Å². The van der Waals surface area contributed by atoms with Crippen LogP contribution in [0.2, 0.25) is 0 Å². The number of hydrogen-bond acceptors (Lipinski definition) is 8. The first-order valence-electron chi connectivity index (χ1n) is 10.7. The van der Waals surface area contributed by atoms with Crippen molar-refractivity contribution in [2.45, 2.75) is 65.3 Å². The monoisotopic (exact) mass is 440 g/mol. The molecule has 3 aromatic rings. The fourth-order valence-electron chi connectivity index (χ4n) is 3.67. The van der Waals surface area contributed by atoms with Gasteiger partial charge in [-0.2, -0.15) is 0 Å². The normalized spacial score (nSPS) is 16.3. The Kier molecular flexibility index (Phi) is 6.31. The van der Waals surface area contributed by atoms with Gasteiger partial charge in [0.05, 0.1) is 17.4 Å². The van der Waals surface area contributed by atoms with Crippen molar-refractivity contribution in [2.75, 3.05) is 11.9 Å². The molecule has 0 saturated carbocycles. The standard InChI is InChI=1S/C22H28N6O2S/c1-13(2)21-27-26-19(30-21)10-11-20(29)28-12-6-8-17(28)16-7-5-9-18(24-16)25-22-23-14(3)15(4)31-22/h5,7,9,13,17H,6,8,10-12H2,1-4H3,(H,23,24,25). The van der Waals surface area contributed by atoms with Crippen molar-refractivity contribution >= 4 is 28.2 Å². The van der Waals surface area contributed by atoms with Crippen LogP contribution in [0.3, 0.4) is 0 Å². The lowest BCUT2D eigenvalue weighted by atomic mass is 10.1. The Hall–Kier alpha value is -2.81. The summed E-state index contributed by atoms with van der Waals surface area (Å²) >= 11 is 1.61. The molecule has 1 atom stereocenters. The molecule has 1 amide bonds. The zero-order chi connectivity index (χ0) is 22.0. The lowest BCUT2D eigenvalue weighted by molar-refractivity contribution is -0.132. The van der Waals surface area contributed by atoms with E-state index in [9.17, 15) is 4.79 Å². The number of nitrogens with one attached hydrogen (secondary N) is 1. The number of likely N-dealkylation sites (tertiary alicyclic amines) is 1. The minimum absolute atomic E-state index is 0.0112. The molecule has 1 aliphatic rings. The Labute approximate surface area is 186 Å². The predicted molar refractivity (Wildman–Crippen MR) is 120 cm³/mol. The van der Waals surface area contributed by atoms with Crippen molar-refractivity contribution in [3.63, 3.8) is 0 Å². The molecule has 3 aromatic heterocycles. The molecule has 4 heterocycles. The number of hydrogen-bond donors (Lipinski definition) is 1. The summed E-state index contributed by atoms with van der Waals surface area (Å²) in [5.41, 5.74) is 1.93. The fourth-order valence-corrected chi connectivity index (χ4v) is 4.50. The van der Waals surface area contributed by atoms with Gasteiger partial charge in [0.15, 0.2) is 5.13 Å². The van der Waals surface area contributed by atoms with Crippen LogP contribution in [0.4, 0.5) is 10.9 Å². The maximum Gasteiger partial charge on any atom is 0.223 e. The van der Waals surface area contributed by atoms with E-state index < -0.39 is 0 Å². The predicted octanol–water partition coefficient (Wildman–Crippen LogP) is 4.70. The van der Waals surface area contributed by atoms with Crippen LogP contribution >= 0.6 is 11.3 Å². The number of pyridine rings is 1. The highest BCUT2D eigenvalue weighted by Crippen LogP contribution is 2.33. The Morgan fingerprint density at radius 2 is 2.13 bits per heavy atom. The SMILES string of the molecule is Cc1nc(Nc2cccc(C3CCCN3C(=O)CCc3nnc(C(C)C)o3)n2)sc1C. The molecular weight excluding hydrogens is 412 g/mol. The molecule has 1 fully saturated rings. The number of rotatable bonds is 7. The van der Waals surface area contributed by atoms with Crippen LogP contribution in [0.1, 0.15) is 73.1 Å². The molecular formula is C22H28N6O2S. The third-order valence-corrected chi connectivity index (χ3v) is 6.47. The lowest BCUT2D eigenvalue weighted by Crippen LogP contribution is -2.31. The molecule has 0 bridgehead atoms. The Morgan fingerprint density at radius 1 is 1.29 bits per heavy atom. The maximum absolute atomic E-state index is 12.9.